The van der Waals surface area contributed by atoms with Gasteiger partial charge in [0.15, 0.2) is 0 Å². The molecule has 0 unspecified atom stereocenters. The molecule has 4 amide bonds. The number of nitrogens with zero attached hydrogens (tertiary/aromatic N) is 2. The van der Waals surface area contributed by atoms with Crippen LogP contribution in [-0.4, -0.2) is 75.7 Å². The van der Waals surface area contributed by atoms with Crippen molar-refractivity contribution in [3.63, 3.8) is 0 Å². The van der Waals surface area contributed by atoms with Gasteiger partial charge in [-0.3, -0.25) is 19.8 Å². The van der Waals surface area contributed by atoms with E-state index in [1.165, 1.54) is 0 Å². The molecule has 9 nitrogen and oxygen atoms in total. The Bertz CT molecular complexity index is 659. The molecule has 9 heteroatoms. The van der Waals surface area contributed by atoms with E-state index in [0.29, 0.717) is 12.2 Å². The minimum Gasteiger partial charge on any atom is -0.378 e. The summed E-state index contributed by atoms with van der Waals surface area (Å²) in [5.41, 5.74) is 1.79. The van der Waals surface area contributed by atoms with Crippen LogP contribution < -0.4 is 20.9 Å². The van der Waals surface area contributed by atoms with Gasteiger partial charge in [0.2, 0.25) is 11.8 Å². The van der Waals surface area contributed by atoms with Crippen LogP contribution in [0.2, 0.25) is 0 Å². The quantitative estimate of drug-likeness (QED) is 0.601. The first kappa shape index (κ1) is 21.6. The molecular formula is C19H29N5O4. The van der Waals surface area contributed by atoms with Gasteiger partial charge in [0.05, 0.1) is 26.3 Å². The number of anilines is 2. The number of amides is 4. The Balaban J connectivity index is 1.73. The Morgan fingerprint density at radius 1 is 1.07 bits per heavy atom. The molecule has 1 aromatic carbocycles. The third-order valence-electron chi connectivity index (χ3n) is 4.14. The Morgan fingerprint density at radius 2 is 1.71 bits per heavy atom. The van der Waals surface area contributed by atoms with E-state index in [1.807, 2.05) is 31.2 Å². The van der Waals surface area contributed by atoms with Crippen molar-refractivity contribution in [2.75, 3.05) is 63.2 Å². The lowest BCUT2D eigenvalue weighted by molar-refractivity contribution is -0.122. The molecule has 0 spiro atoms. The fourth-order valence-corrected chi connectivity index (χ4v) is 2.77. The first-order chi connectivity index (χ1) is 13.5. The maximum Gasteiger partial charge on any atom is 0.321 e. The Hall–Kier alpha value is -2.65. The van der Waals surface area contributed by atoms with Crippen LogP contribution >= 0.6 is 0 Å². The highest BCUT2D eigenvalue weighted by Crippen LogP contribution is 2.18. The van der Waals surface area contributed by atoms with Gasteiger partial charge >= 0.3 is 6.03 Å². The fraction of sp³-hybridized carbons (Fsp3) is 0.526. The van der Waals surface area contributed by atoms with Crippen LogP contribution in [0, 0.1) is 0 Å². The molecule has 0 aromatic heterocycles. The smallest absolute Gasteiger partial charge is 0.321 e. The van der Waals surface area contributed by atoms with E-state index in [0.717, 1.165) is 38.4 Å². The molecule has 0 bridgehead atoms. The average molecular weight is 391 g/mol. The number of imide groups is 1. The molecule has 1 aliphatic heterocycles. The lowest BCUT2D eigenvalue weighted by Crippen LogP contribution is -2.45. The second-order valence-corrected chi connectivity index (χ2v) is 6.67. The third-order valence-corrected chi connectivity index (χ3v) is 4.14. The molecule has 3 N–H and O–H groups in total. The van der Waals surface area contributed by atoms with Gasteiger partial charge in [0, 0.05) is 31.0 Å². The van der Waals surface area contributed by atoms with E-state index in [1.54, 1.807) is 11.9 Å². The van der Waals surface area contributed by atoms with Crippen LogP contribution in [0.5, 0.6) is 0 Å². The molecule has 2 rings (SSSR count). The molecule has 1 heterocycles. The highest BCUT2D eigenvalue weighted by molar-refractivity contribution is 5.96. The zero-order valence-electron chi connectivity index (χ0n) is 16.5. The summed E-state index contributed by atoms with van der Waals surface area (Å²) in [6.45, 7) is 5.56. The van der Waals surface area contributed by atoms with Gasteiger partial charge in [-0.2, -0.15) is 0 Å². The van der Waals surface area contributed by atoms with Crippen molar-refractivity contribution in [2.24, 2.45) is 0 Å². The SMILES string of the molecule is CCCNC(=O)NC(=O)CN(C)CC(=O)Nc1ccc(N2CCOCC2)cc1. The molecule has 1 aliphatic rings. The number of hydrogen-bond acceptors (Lipinski definition) is 6. The number of hydrogen-bond donors (Lipinski definition) is 3. The van der Waals surface area contributed by atoms with Gasteiger partial charge in [0.1, 0.15) is 0 Å². The van der Waals surface area contributed by atoms with Gasteiger partial charge in [-0.15, -0.1) is 0 Å². The number of carbonyl (C=O) groups is 3. The van der Waals surface area contributed by atoms with E-state index < -0.39 is 11.9 Å². The standard InChI is InChI=1S/C19H29N5O4/c1-3-8-20-19(27)22-18(26)14-23(2)13-17(25)21-15-4-6-16(7-5-15)24-9-11-28-12-10-24/h4-7H,3,8-14H2,1-2H3,(H,21,25)(H2,20,22,26,27). The third kappa shape index (κ3) is 7.53. The van der Waals surface area contributed by atoms with Crippen LogP contribution in [0.1, 0.15) is 13.3 Å². The van der Waals surface area contributed by atoms with E-state index in [9.17, 15) is 14.4 Å². The second-order valence-electron chi connectivity index (χ2n) is 6.67. The molecule has 1 fully saturated rings. The normalized spacial score (nSPS) is 13.9. The number of ether oxygens (including phenoxy) is 1. The summed E-state index contributed by atoms with van der Waals surface area (Å²) in [5.74, 6) is -0.691. The highest BCUT2D eigenvalue weighted by Gasteiger charge is 2.14. The van der Waals surface area contributed by atoms with Crippen LogP contribution in [0.3, 0.4) is 0 Å². The number of urea groups is 1. The molecule has 0 saturated carbocycles. The number of morpholine rings is 1. The largest absolute Gasteiger partial charge is 0.378 e. The van der Waals surface area contributed by atoms with Gasteiger partial charge in [0.25, 0.3) is 0 Å². The zero-order valence-corrected chi connectivity index (χ0v) is 16.5. The van der Waals surface area contributed by atoms with Gasteiger partial charge in [-0.05, 0) is 37.7 Å². The fourth-order valence-electron chi connectivity index (χ4n) is 2.77. The number of likely N-dealkylation sites (N-methyl/N-ethyl adjacent to an activating group) is 1. The molecule has 0 radical (unpaired) electrons. The first-order valence-electron chi connectivity index (χ1n) is 9.46. The lowest BCUT2D eigenvalue weighted by Gasteiger charge is -2.28. The van der Waals surface area contributed by atoms with Crippen LogP contribution in [0.4, 0.5) is 16.2 Å². The molecule has 154 valence electrons. The summed E-state index contributed by atoms with van der Waals surface area (Å²) in [5, 5.41) is 7.60. The first-order valence-corrected chi connectivity index (χ1v) is 9.46. The maximum atomic E-state index is 12.2. The zero-order chi connectivity index (χ0) is 20.4. The summed E-state index contributed by atoms with van der Waals surface area (Å²) >= 11 is 0. The van der Waals surface area contributed by atoms with Crippen molar-refractivity contribution in [3.05, 3.63) is 24.3 Å². The van der Waals surface area contributed by atoms with E-state index in [-0.39, 0.29) is 19.0 Å². The van der Waals surface area contributed by atoms with Crippen molar-refractivity contribution < 1.29 is 19.1 Å². The molecule has 0 atom stereocenters. The van der Waals surface area contributed by atoms with E-state index in [2.05, 4.69) is 20.9 Å². The average Bonchev–Trinajstić information content (AvgIpc) is 2.67. The van der Waals surface area contributed by atoms with Gasteiger partial charge in [-0.1, -0.05) is 6.92 Å². The molecule has 1 aromatic rings. The Kier molecular flexibility index (Phi) is 8.70. The van der Waals surface area contributed by atoms with Crippen LogP contribution in [-0.2, 0) is 14.3 Å². The maximum absolute atomic E-state index is 12.2. The molecular weight excluding hydrogens is 362 g/mol. The summed E-state index contributed by atoms with van der Waals surface area (Å²) in [6, 6.07) is 7.12. The van der Waals surface area contributed by atoms with Crippen molar-refractivity contribution in [3.8, 4) is 0 Å². The number of benzene rings is 1. The van der Waals surface area contributed by atoms with Crippen molar-refractivity contribution in [1.82, 2.24) is 15.5 Å². The minimum atomic E-state index is -0.523. The highest BCUT2D eigenvalue weighted by atomic mass is 16.5. The van der Waals surface area contributed by atoms with Gasteiger partial charge < -0.3 is 20.3 Å². The van der Waals surface area contributed by atoms with Crippen LogP contribution in [0.15, 0.2) is 24.3 Å². The summed E-state index contributed by atoms with van der Waals surface area (Å²) in [7, 11) is 1.64. The van der Waals surface area contributed by atoms with Gasteiger partial charge in [-0.25, -0.2) is 4.79 Å². The summed E-state index contributed by atoms with van der Waals surface area (Å²) in [4.78, 5) is 39.2. The monoisotopic (exact) mass is 391 g/mol. The van der Waals surface area contributed by atoms with Crippen LogP contribution in [0.25, 0.3) is 0 Å². The summed E-state index contributed by atoms with van der Waals surface area (Å²) < 4.78 is 5.35. The lowest BCUT2D eigenvalue weighted by atomic mass is 10.2. The second kappa shape index (κ2) is 11.3. The number of carbonyl (C=O) groups excluding carboxylic acids is 3. The topological polar surface area (TPSA) is 103 Å². The molecule has 1 saturated heterocycles. The van der Waals surface area contributed by atoms with Crippen molar-refractivity contribution in [1.29, 1.82) is 0 Å². The van der Waals surface area contributed by atoms with E-state index in [4.69, 9.17) is 4.74 Å². The molecule has 28 heavy (non-hydrogen) atoms. The predicted octanol–water partition coefficient (Wildman–Crippen LogP) is 0.629. The minimum absolute atomic E-state index is 0.0369. The Morgan fingerprint density at radius 3 is 2.36 bits per heavy atom. The van der Waals surface area contributed by atoms with Crippen molar-refractivity contribution in [2.45, 2.75) is 13.3 Å². The number of nitrogens with one attached hydrogen (secondary N) is 3. The van der Waals surface area contributed by atoms with Crippen molar-refractivity contribution >= 4 is 29.2 Å². The molecule has 0 aliphatic carbocycles. The Labute approximate surface area is 165 Å². The van der Waals surface area contributed by atoms with E-state index >= 15 is 0 Å². The predicted molar refractivity (Wildman–Crippen MR) is 107 cm³/mol. The summed E-state index contributed by atoms with van der Waals surface area (Å²) in [6.07, 6.45) is 0.787. The number of rotatable bonds is 8.